The highest BCUT2D eigenvalue weighted by Crippen LogP contribution is 2.08. The predicted molar refractivity (Wildman–Crippen MR) is 66.3 cm³/mol. The second-order valence-corrected chi connectivity index (χ2v) is 3.90. The predicted octanol–water partition coefficient (Wildman–Crippen LogP) is 0.817. The molecule has 0 amide bonds. The molecular formula is C12H14N4O. The Kier molecular flexibility index (Phi) is 2.82. The van der Waals surface area contributed by atoms with E-state index >= 15 is 0 Å². The highest BCUT2D eigenvalue weighted by atomic mass is 16.1. The van der Waals surface area contributed by atoms with Gasteiger partial charge in [0.05, 0.1) is 0 Å². The zero-order valence-corrected chi connectivity index (χ0v) is 9.53. The molecule has 0 spiro atoms. The van der Waals surface area contributed by atoms with E-state index in [9.17, 15) is 4.79 Å². The second kappa shape index (κ2) is 4.29. The van der Waals surface area contributed by atoms with Crippen molar-refractivity contribution in [2.75, 3.05) is 0 Å². The molecule has 0 saturated heterocycles. The summed E-state index contributed by atoms with van der Waals surface area (Å²) in [6, 6.07) is 9.72. The van der Waals surface area contributed by atoms with Gasteiger partial charge in [-0.2, -0.15) is 4.68 Å². The fourth-order valence-corrected chi connectivity index (χ4v) is 1.76. The van der Waals surface area contributed by atoms with Gasteiger partial charge in [0, 0.05) is 17.7 Å². The number of H-pyrrole nitrogens is 1. The quantitative estimate of drug-likeness (QED) is 0.526. The average Bonchev–Trinajstić information content (AvgIpc) is 2.58. The molecule has 0 saturated carbocycles. The number of hydrogen-bond acceptors (Lipinski definition) is 2. The summed E-state index contributed by atoms with van der Waals surface area (Å²) in [7, 11) is 0. The molecule has 0 bridgehead atoms. The number of nitrogen functional groups attached to an aromatic ring is 1. The van der Waals surface area contributed by atoms with Crippen LogP contribution in [0.15, 0.2) is 35.1 Å². The number of nitrogens with zero attached hydrogens (tertiary/aromatic N) is 1. The Bertz CT molecular complexity index is 595. The van der Waals surface area contributed by atoms with E-state index in [1.54, 1.807) is 6.92 Å². The van der Waals surface area contributed by atoms with Crippen LogP contribution in [0, 0.1) is 12.3 Å². The van der Waals surface area contributed by atoms with Crippen LogP contribution < -0.4 is 11.3 Å². The average molecular weight is 230 g/mol. The molecule has 0 radical (unpaired) electrons. The molecule has 1 aromatic heterocycles. The number of benzene rings is 1. The lowest BCUT2D eigenvalue weighted by molar-refractivity contribution is 0.865. The van der Waals surface area contributed by atoms with Crippen molar-refractivity contribution in [2.45, 2.75) is 13.3 Å². The first-order valence-corrected chi connectivity index (χ1v) is 5.28. The smallest absolute Gasteiger partial charge is 0.277 e. The third-order valence-corrected chi connectivity index (χ3v) is 2.66. The van der Waals surface area contributed by atoms with Crippen molar-refractivity contribution in [1.29, 1.82) is 5.41 Å². The molecule has 2 aromatic rings. The summed E-state index contributed by atoms with van der Waals surface area (Å²) >= 11 is 0. The van der Waals surface area contributed by atoms with Crippen molar-refractivity contribution >= 4 is 5.96 Å². The van der Waals surface area contributed by atoms with Gasteiger partial charge >= 0.3 is 0 Å². The van der Waals surface area contributed by atoms with Crippen LogP contribution in [0.3, 0.4) is 0 Å². The molecule has 88 valence electrons. The van der Waals surface area contributed by atoms with E-state index in [0.29, 0.717) is 12.0 Å². The molecule has 1 heterocycles. The van der Waals surface area contributed by atoms with Crippen LogP contribution in [0.25, 0.3) is 0 Å². The molecular weight excluding hydrogens is 216 g/mol. The summed E-state index contributed by atoms with van der Waals surface area (Å²) in [5, 5.41) is 10.1. The van der Waals surface area contributed by atoms with Crippen molar-refractivity contribution in [2.24, 2.45) is 5.73 Å². The largest absolute Gasteiger partial charge is 0.368 e. The maximum absolute atomic E-state index is 11.9. The molecule has 0 aliphatic carbocycles. The Labute approximate surface area is 98.4 Å². The topological polar surface area (TPSA) is 87.7 Å². The number of hydrogen-bond donors (Lipinski definition) is 3. The molecule has 4 N–H and O–H groups in total. The van der Waals surface area contributed by atoms with Gasteiger partial charge in [0.15, 0.2) is 0 Å². The van der Waals surface area contributed by atoms with Crippen LogP contribution in [-0.4, -0.2) is 15.7 Å². The minimum atomic E-state index is -0.294. The fourth-order valence-electron chi connectivity index (χ4n) is 1.76. The lowest BCUT2D eigenvalue weighted by atomic mass is 10.1. The number of aryl methyl sites for hydroxylation is 1. The van der Waals surface area contributed by atoms with Gasteiger partial charge in [-0.1, -0.05) is 30.3 Å². The zero-order valence-electron chi connectivity index (χ0n) is 9.53. The monoisotopic (exact) mass is 230 g/mol. The van der Waals surface area contributed by atoms with Gasteiger partial charge in [-0.25, -0.2) is 0 Å². The highest BCUT2D eigenvalue weighted by Gasteiger charge is 2.12. The molecule has 0 aliphatic heterocycles. The molecule has 2 rings (SSSR count). The summed E-state index contributed by atoms with van der Waals surface area (Å²) in [5.41, 5.74) is 7.50. The Morgan fingerprint density at radius 2 is 2.06 bits per heavy atom. The van der Waals surface area contributed by atoms with Crippen LogP contribution in [0.1, 0.15) is 16.8 Å². The van der Waals surface area contributed by atoms with Gasteiger partial charge in [-0.3, -0.25) is 15.3 Å². The van der Waals surface area contributed by atoms with E-state index in [0.717, 1.165) is 15.9 Å². The standard InChI is InChI=1S/C12H14N4O/c1-8-10(7-9-5-3-2-4-6-9)11(17)16(15-8)12(13)14/h2-6,15H,7H2,1H3,(H3,13,14). The van der Waals surface area contributed by atoms with Gasteiger partial charge in [-0.15, -0.1) is 0 Å². The van der Waals surface area contributed by atoms with Crippen molar-refractivity contribution in [3.05, 3.63) is 57.5 Å². The first-order valence-electron chi connectivity index (χ1n) is 5.28. The lowest BCUT2D eigenvalue weighted by Gasteiger charge is -1.98. The van der Waals surface area contributed by atoms with Crippen LogP contribution in [0.5, 0.6) is 0 Å². The number of aromatic nitrogens is 2. The van der Waals surface area contributed by atoms with E-state index in [1.807, 2.05) is 30.3 Å². The molecule has 17 heavy (non-hydrogen) atoms. The Hall–Kier alpha value is -2.30. The first-order chi connectivity index (χ1) is 8.09. The fraction of sp³-hybridized carbons (Fsp3) is 0.167. The maximum atomic E-state index is 11.9. The zero-order chi connectivity index (χ0) is 12.4. The minimum Gasteiger partial charge on any atom is -0.368 e. The van der Waals surface area contributed by atoms with Crippen LogP contribution >= 0.6 is 0 Å². The molecule has 1 aromatic carbocycles. The van der Waals surface area contributed by atoms with Crippen LogP contribution in [0.2, 0.25) is 0 Å². The summed E-state index contributed by atoms with van der Waals surface area (Å²) < 4.78 is 1.05. The summed E-state index contributed by atoms with van der Waals surface area (Å²) in [5.74, 6) is -0.294. The van der Waals surface area contributed by atoms with Gasteiger partial charge in [-0.05, 0) is 12.5 Å². The Morgan fingerprint density at radius 1 is 1.41 bits per heavy atom. The van der Waals surface area contributed by atoms with E-state index in [4.69, 9.17) is 11.1 Å². The SMILES string of the molecule is Cc1[nH]n(C(=N)N)c(=O)c1Cc1ccccc1. The van der Waals surface area contributed by atoms with Gasteiger partial charge in [0.1, 0.15) is 0 Å². The number of aromatic amines is 1. The summed E-state index contributed by atoms with van der Waals surface area (Å²) in [6.45, 7) is 1.80. The first kappa shape index (κ1) is 11.2. The van der Waals surface area contributed by atoms with Crippen molar-refractivity contribution in [3.63, 3.8) is 0 Å². The number of nitrogens with one attached hydrogen (secondary N) is 2. The molecule has 0 unspecified atom stereocenters. The maximum Gasteiger partial charge on any atom is 0.277 e. The Balaban J connectivity index is 2.41. The molecule has 0 atom stereocenters. The molecule has 5 nitrogen and oxygen atoms in total. The second-order valence-electron chi connectivity index (χ2n) is 3.90. The summed E-state index contributed by atoms with van der Waals surface area (Å²) in [6.07, 6.45) is 0.544. The number of nitrogens with two attached hydrogens (primary N) is 1. The third-order valence-electron chi connectivity index (χ3n) is 2.66. The number of rotatable bonds is 2. The van der Waals surface area contributed by atoms with E-state index < -0.39 is 0 Å². The van der Waals surface area contributed by atoms with Gasteiger partial charge in [0.2, 0.25) is 5.96 Å². The van der Waals surface area contributed by atoms with E-state index in [-0.39, 0.29) is 11.5 Å². The van der Waals surface area contributed by atoms with Gasteiger partial charge < -0.3 is 5.73 Å². The van der Waals surface area contributed by atoms with Crippen molar-refractivity contribution in [3.8, 4) is 0 Å². The minimum absolute atomic E-state index is 0.251. The normalized spacial score (nSPS) is 10.4. The molecule has 5 heteroatoms. The third kappa shape index (κ3) is 2.13. The molecule has 0 fully saturated rings. The van der Waals surface area contributed by atoms with Crippen molar-refractivity contribution in [1.82, 2.24) is 9.78 Å². The van der Waals surface area contributed by atoms with E-state index in [2.05, 4.69) is 5.10 Å². The highest BCUT2D eigenvalue weighted by molar-refractivity contribution is 5.76. The molecule has 0 aliphatic rings. The van der Waals surface area contributed by atoms with E-state index in [1.165, 1.54) is 0 Å². The van der Waals surface area contributed by atoms with Crippen molar-refractivity contribution < 1.29 is 0 Å². The van der Waals surface area contributed by atoms with Crippen LogP contribution in [-0.2, 0) is 6.42 Å². The lowest BCUT2D eigenvalue weighted by Crippen LogP contribution is -2.31. The van der Waals surface area contributed by atoms with Crippen LogP contribution in [0.4, 0.5) is 0 Å². The van der Waals surface area contributed by atoms with Gasteiger partial charge in [0.25, 0.3) is 5.56 Å². The summed E-state index contributed by atoms with van der Waals surface area (Å²) in [4.78, 5) is 11.9. The Morgan fingerprint density at radius 3 is 2.59 bits per heavy atom.